The second-order valence-electron chi connectivity index (χ2n) is 9.54. The topological polar surface area (TPSA) is 100 Å². The molecule has 0 radical (unpaired) electrons. The second-order valence-corrected chi connectivity index (χ2v) is 11.4. The molecule has 32 heavy (non-hydrogen) atoms. The van der Waals surface area contributed by atoms with Crippen molar-refractivity contribution in [1.29, 1.82) is 0 Å². The maximum atomic E-state index is 13.2. The van der Waals surface area contributed by atoms with Crippen LogP contribution in [0.15, 0.2) is 46.2 Å². The maximum absolute atomic E-state index is 13.2. The van der Waals surface area contributed by atoms with E-state index in [2.05, 4.69) is 15.4 Å². The van der Waals surface area contributed by atoms with Crippen molar-refractivity contribution in [2.75, 3.05) is 11.9 Å². The van der Waals surface area contributed by atoms with Crippen LogP contribution in [0.3, 0.4) is 0 Å². The van der Waals surface area contributed by atoms with Crippen molar-refractivity contribution in [2.45, 2.75) is 62.9 Å². The van der Waals surface area contributed by atoms with Crippen LogP contribution < -0.4 is 10.9 Å². The molecule has 2 N–H and O–H groups in total. The summed E-state index contributed by atoms with van der Waals surface area (Å²) in [7, 11) is -3.57. The van der Waals surface area contributed by atoms with E-state index in [1.165, 1.54) is 12.8 Å². The van der Waals surface area contributed by atoms with Gasteiger partial charge in [-0.2, -0.15) is 9.40 Å². The van der Waals surface area contributed by atoms with Gasteiger partial charge in [0, 0.05) is 30.5 Å². The fourth-order valence-corrected chi connectivity index (χ4v) is 6.41. The van der Waals surface area contributed by atoms with E-state index in [-0.39, 0.29) is 16.0 Å². The van der Waals surface area contributed by atoms with Gasteiger partial charge in [0.1, 0.15) is 5.39 Å². The molecule has 5 rings (SSSR count). The van der Waals surface area contributed by atoms with Crippen LogP contribution in [-0.2, 0) is 16.6 Å². The van der Waals surface area contributed by atoms with Gasteiger partial charge in [-0.15, -0.1) is 0 Å². The van der Waals surface area contributed by atoms with Crippen molar-refractivity contribution in [3.05, 3.63) is 46.9 Å². The Bertz CT molecular complexity index is 1300. The lowest BCUT2D eigenvalue weighted by molar-refractivity contribution is 0.170. The van der Waals surface area contributed by atoms with Gasteiger partial charge in [0.05, 0.1) is 10.4 Å². The van der Waals surface area contributed by atoms with Gasteiger partial charge in [-0.1, -0.05) is 6.42 Å². The van der Waals surface area contributed by atoms with E-state index < -0.39 is 10.0 Å². The molecule has 170 valence electrons. The molecule has 2 fully saturated rings. The van der Waals surface area contributed by atoms with E-state index >= 15 is 0 Å². The van der Waals surface area contributed by atoms with Gasteiger partial charge in [0.25, 0.3) is 5.56 Å². The van der Waals surface area contributed by atoms with Crippen molar-refractivity contribution in [1.82, 2.24) is 19.1 Å². The average Bonchev–Trinajstić information content (AvgIpc) is 3.50. The van der Waals surface area contributed by atoms with Crippen LogP contribution in [0.1, 0.15) is 46.0 Å². The molecule has 0 unspecified atom stereocenters. The highest BCUT2D eigenvalue weighted by Gasteiger charge is 2.38. The summed E-state index contributed by atoms with van der Waals surface area (Å²) in [6, 6.07) is 8.57. The van der Waals surface area contributed by atoms with E-state index in [1.807, 2.05) is 24.6 Å². The maximum Gasteiger partial charge on any atom is 0.261 e. The van der Waals surface area contributed by atoms with E-state index in [0.717, 1.165) is 31.3 Å². The summed E-state index contributed by atoms with van der Waals surface area (Å²) >= 11 is 0. The Morgan fingerprint density at radius 3 is 2.59 bits per heavy atom. The second kappa shape index (κ2) is 7.74. The average molecular weight is 456 g/mol. The highest BCUT2D eigenvalue weighted by atomic mass is 32.2. The number of benzene rings is 1. The lowest BCUT2D eigenvalue weighted by Crippen LogP contribution is -2.50. The number of hydrogen-bond acceptors (Lipinski definition) is 5. The lowest BCUT2D eigenvalue weighted by Gasteiger charge is -2.41. The Hall–Kier alpha value is -2.65. The summed E-state index contributed by atoms with van der Waals surface area (Å²) < 4.78 is 30.0. The fraction of sp³-hybridized carbons (Fsp3) is 0.478. The van der Waals surface area contributed by atoms with Crippen molar-refractivity contribution in [2.24, 2.45) is 5.92 Å². The Morgan fingerprint density at radius 1 is 1.16 bits per heavy atom. The number of fused-ring (bicyclic) bond motifs is 1. The zero-order valence-corrected chi connectivity index (χ0v) is 19.3. The number of hydrogen-bond donors (Lipinski definition) is 2. The summed E-state index contributed by atoms with van der Waals surface area (Å²) in [5, 5.41) is 8.38. The zero-order chi connectivity index (χ0) is 22.5. The van der Waals surface area contributed by atoms with Gasteiger partial charge in [0.2, 0.25) is 10.0 Å². The zero-order valence-electron chi connectivity index (χ0n) is 18.5. The molecule has 1 saturated heterocycles. The molecule has 2 aromatic heterocycles. The van der Waals surface area contributed by atoms with Gasteiger partial charge in [-0.3, -0.25) is 9.48 Å². The van der Waals surface area contributed by atoms with E-state index in [4.69, 9.17) is 0 Å². The van der Waals surface area contributed by atoms with Gasteiger partial charge >= 0.3 is 0 Å². The molecule has 1 aliphatic heterocycles. The molecule has 8 nitrogen and oxygen atoms in total. The van der Waals surface area contributed by atoms with Crippen molar-refractivity contribution >= 4 is 32.4 Å². The van der Waals surface area contributed by atoms with Crippen LogP contribution >= 0.6 is 0 Å². The number of piperidine rings is 1. The van der Waals surface area contributed by atoms with Crippen LogP contribution in [0.5, 0.6) is 0 Å². The van der Waals surface area contributed by atoms with Crippen LogP contribution in [0.4, 0.5) is 11.5 Å². The molecule has 1 aliphatic carbocycles. The van der Waals surface area contributed by atoms with Gasteiger partial charge in [-0.05, 0) is 75.8 Å². The number of H-pyrrole nitrogens is 1. The third-order valence-corrected chi connectivity index (χ3v) is 8.71. The first kappa shape index (κ1) is 21.2. The molecule has 1 aromatic carbocycles. The summed E-state index contributed by atoms with van der Waals surface area (Å²) in [5.41, 5.74) is 0.902. The number of aromatic nitrogens is 3. The minimum absolute atomic E-state index is 0.196. The predicted molar refractivity (Wildman–Crippen MR) is 125 cm³/mol. The minimum Gasteiger partial charge on any atom is -0.338 e. The third-order valence-electron chi connectivity index (χ3n) is 6.58. The molecule has 1 saturated carbocycles. The SMILES string of the molecule is CC1(C)CCCCN1S(=O)(=O)c1ccc(Nc2nn(CC3CC3)c3cc[nH]c(=O)c23)cc1. The standard InChI is InChI=1S/C23H29N5O3S/c1-23(2)12-3-4-14-28(23)32(30,31)18-9-7-17(8-10-18)25-21-20-19(11-13-24-22(20)29)27(26-21)15-16-5-6-16/h7-11,13,16H,3-6,12,14-15H2,1-2H3,(H,24,29)(H,25,26). The Morgan fingerprint density at radius 2 is 1.91 bits per heavy atom. The number of sulfonamides is 1. The Kier molecular flexibility index (Phi) is 5.13. The van der Waals surface area contributed by atoms with Crippen LogP contribution in [0, 0.1) is 5.92 Å². The minimum atomic E-state index is -3.57. The smallest absolute Gasteiger partial charge is 0.261 e. The van der Waals surface area contributed by atoms with Gasteiger partial charge in [-0.25, -0.2) is 8.42 Å². The molecule has 0 bridgehead atoms. The number of pyridine rings is 1. The number of nitrogens with one attached hydrogen (secondary N) is 2. The fourth-order valence-electron chi connectivity index (χ4n) is 4.57. The van der Waals surface area contributed by atoms with Crippen molar-refractivity contribution < 1.29 is 8.42 Å². The first-order valence-electron chi connectivity index (χ1n) is 11.2. The number of anilines is 2. The molecular weight excluding hydrogens is 426 g/mol. The van der Waals surface area contributed by atoms with Crippen LogP contribution in [-0.4, -0.2) is 39.6 Å². The van der Waals surface area contributed by atoms with Crippen LogP contribution in [0.25, 0.3) is 10.9 Å². The quantitative estimate of drug-likeness (QED) is 0.588. The predicted octanol–water partition coefficient (Wildman–Crippen LogP) is 3.83. The largest absolute Gasteiger partial charge is 0.338 e. The van der Waals surface area contributed by atoms with Gasteiger partial charge in [0.15, 0.2) is 5.82 Å². The van der Waals surface area contributed by atoms with Crippen LogP contribution in [0.2, 0.25) is 0 Å². The van der Waals surface area contributed by atoms with Gasteiger partial charge < -0.3 is 10.3 Å². The monoisotopic (exact) mass is 455 g/mol. The van der Waals surface area contributed by atoms with Crippen molar-refractivity contribution in [3.63, 3.8) is 0 Å². The molecule has 0 amide bonds. The summed E-state index contributed by atoms with van der Waals surface area (Å²) in [6.07, 6.45) is 6.81. The molecule has 0 atom stereocenters. The number of nitrogens with zero attached hydrogens (tertiary/aromatic N) is 3. The molecule has 0 spiro atoms. The highest BCUT2D eigenvalue weighted by molar-refractivity contribution is 7.89. The third kappa shape index (κ3) is 3.84. The first-order chi connectivity index (χ1) is 15.3. The van der Waals surface area contributed by atoms with E-state index in [0.29, 0.717) is 29.4 Å². The first-order valence-corrected chi connectivity index (χ1v) is 12.7. The summed E-state index contributed by atoms with van der Waals surface area (Å²) in [4.78, 5) is 15.5. The normalized spacial score (nSPS) is 19.3. The van der Waals surface area contributed by atoms with E-state index in [9.17, 15) is 13.2 Å². The highest BCUT2D eigenvalue weighted by Crippen LogP contribution is 2.34. The molecular formula is C23H29N5O3S. The summed E-state index contributed by atoms with van der Waals surface area (Å²) in [6.45, 7) is 5.31. The molecule has 3 heterocycles. The molecule has 9 heteroatoms. The van der Waals surface area contributed by atoms with Crippen molar-refractivity contribution in [3.8, 4) is 0 Å². The Balaban J connectivity index is 1.43. The number of rotatable bonds is 6. The Labute approximate surface area is 187 Å². The molecule has 2 aliphatic rings. The lowest BCUT2D eigenvalue weighted by atomic mass is 9.93. The molecule has 3 aromatic rings. The number of aromatic amines is 1. The van der Waals surface area contributed by atoms with E-state index in [1.54, 1.807) is 34.8 Å². The summed E-state index contributed by atoms with van der Waals surface area (Å²) in [5.74, 6) is 1.10.